The number of hydrogen-bond acceptors (Lipinski definition) is 4. The fourth-order valence-electron chi connectivity index (χ4n) is 1.35. The van der Waals surface area contributed by atoms with E-state index in [1.165, 1.54) is 17.4 Å². The van der Waals surface area contributed by atoms with Crippen molar-refractivity contribution < 1.29 is 14.3 Å². The third-order valence-corrected chi connectivity index (χ3v) is 3.70. The second-order valence-corrected chi connectivity index (χ2v) is 5.54. The number of carboxylic acids is 1. The molecular weight excluding hydrogens is 323 g/mol. The molecule has 18 heavy (non-hydrogen) atoms. The molecule has 0 atom stereocenters. The summed E-state index contributed by atoms with van der Waals surface area (Å²) in [5.74, 6) is -1.47. The Morgan fingerprint density at radius 3 is 2.83 bits per heavy atom. The lowest BCUT2D eigenvalue weighted by Crippen LogP contribution is -1.99. The van der Waals surface area contributed by atoms with Gasteiger partial charge in [0, 0.05) is 10.6 Å². The average Bonchev–Trinajstić information content (AvgIpc) is 2.65. The minimum atomic E-state index is -1.07. The van der Waals surface area contributed by atoms with Crippen LogP contribution in [-0.4, -0.2) is 16.1 Å². The number of carbonyl (C=O) groups is 1. The standard InChI is InChI=1S/C11H8BrFN2O2S/c1-5-9(10(16)17)15-11(18-5)14-6-2-3-7(12)8(13)4-6/h2-4H,1H3,(H,14,15)(H,16,17). The largest absolute Gasteiger partial charge is 0.476 e. The summed E-state index contributed by atoms with van der Waals surface area (Å²) in [5, 5.41) is 12.2. The molecule has 1 heterocycles. The van der Waals surface area contributed by atoms with E-state index in [2.05, 4.69) is 26.2 Å². The van der Waals surface area contributed by atoms with Gasteiger partial charge in [0.05, 0.1) is 4.47 Å². The molecule has 0 saturated heterocycles. The molecule has 0 unspecified atom stereocenters. The number of halogens is 2. The molecule has 0 saturated carbocycles. The number of nitrogens with zero attached hydrogens (tertiary/aromatic N) is 1. The van der Waals surface area contributed by atoms with Crippen LogP contribution in [0, 0.1) is 12.7 Å². The third kappa shape index (κ3) is 2.68. The van der Waals surface area contributed by atoms with Gasteiger partial charge in [0.1, 0.15) is 5.82 Å². The van der Waals surface area contributed by atoms with E-state index in [9.17, 15) is 9.18 Å². The lowest BCUT2D eigenvalue weighted by atomic mass is 10.3. The first kappa shape index (κ1) is 13.0. The number of aromatic nitrogens is 1. The van der Waals surface area contributed by atoms with Crippen molar-refractivity contribution in [2.45, 2.75) is 6.92 Å². The van der Waals surface area contributed by atoms with E-state index in [4.69, 9.17) is 5.11 Å². The number of aromatic carboxylic acids is 1. The molecular formula is C11H8BrFN2O2S. The van der Waals surface area contributed by atoms with Gasteiger partial charge in [0.15, 0.2) is 10.8 Å². The molecule has 1 aromatic heterocycles. The summed E-state index contributed by atoms with van der Waals surface area (Å²) < 4.78 is 13.7. The fraction of sp³-hybridized carbons (Fsp3) is 0.0909. The molecule has 0 aliphatic carbocycles. The van der Waals surface area contributed by atoms with Crippen molar-refractivity contribution >= 4 is 44.1 Å². The highest BCUT2D eigenvalue weighted by molar-refractivity contribution is 9.10. The highest BCUT2D eigenvalue weighted by Gasteiger charge is 2.14. The summed E-state index contributed by atoms with van der Waals surface area (Å²) in [7, 11) is 0. The zero-order valence-electron chi connectivity index (χ0n) is 9.20. The topological polar surface area (TPSA) is 62.2 Å². The van der Waals surface area contributed by atoms with Crippen molar-refractivity contribution in [3.05, 3.63) is 39.1 Å². The van der Waals surface area contributed by atoms with Crippen molar-refractivity contribution in [2.75, 3.05) is 5.32 Å². The van der Waals surface area contributed by atoms with Gasteiger partial charge in [-0.15, -0.1) is 11.3 Å². The summed E-state index contributed by atoms with van der Waals surface area (Å²) in [5.41, 5.74) is 0.529. The number of carboxylic acid groups (broad SMARTS) is 1. The summed E-state index contributed by atoms with van der Waals surface area (Å²) in [4.78, 5) is 15.4. The molecule has 0 radical (unpaired) electrons. The summed E-state index contributed by atoms with van der Waals surface area (Å²) in [6.45, 7) is 1.68. The van der Waals surface area contributed by atoms with Crippen molar-refractivity contribution in [3.63, 3.8) is 0 Å². The van der Waals surface area contributed by atoms with Crippen LogP contribution in [0.4, 0.5) is 15.2 Å². The SMILES string of the molecule is Cc1sc(Nc2ccc(Br)c(F)c2)nc1C(=O)O. The van der Waals surface area contributed by atoms with Gasteiger partial charge in [-0.2, -0.15) is 0 Å². The lowest BCUT2D eigenvalue weighted by Gasteiger charge is -2.02. The Hall–Kier alpha value is -1.47. The Labute approximate surface area is 115 Å². The van der Waals surface area contributed by atoms with Gasteiger partial charge in [-0.25, -0.2) is 14.2 Å². The molecule has 1 aromatic carbocycles. The minimum Gasteiger partial charge on any atom is -0.476 e. The van der Waals surface area contributed by atoms with Gasteiger partial charge in [0.25, 0.3) is 0 Å². The smallest absolute Gasteiger partial charge is 0.355 e. The number of anilines is 2. The van der Waals surface area contributed by atoms with Crippen molar-refractivity contribution in [2.24, 2.45) is 0 Å². The number of thiazole rings is 1. The Morgan fingerprint density at radius 1 is 1.56 bits per heavy atom. The predicted octanol–water partition coefficient (Wildman–Crippen LogP) is 3.79. The fourth-order valence-corrected chi connectivity index (χ4v) is 2.42. The van der Waals surface area contributed by atoms with Crippen molar-refractivity contribution in [1.82, 2.24) is 4.98 Å². The van der Waals surface area contributed by atoms with Crippen LogP contribution >= 0.6 is 27.3 Å². The Morgan fingerprint density at radius 2 is 2.28 bits per heavy atom. The van der Waals surface area contributed by atoms with Crippen LogP contribution in [0.2, 0.25) is 0 Å². The normalized spacial score (nSPS) is 10.4. The first-order valence-corrected chi connectivity index (χ1v) is 6.51. The predicted molar refractivity (Wildman–Crippen MR) is 71.2 cm³/mol. The second-order valence-electron chi connectivity index (χ2n) is 3.48. The first-order chi connectivity index (χ1) is 8.47. The van der Waals surface area contributed by atoms with Crippen molar-refractivity contribution in [3.8, 4) is 0 Å². The maximum absolute atomic E-state index is 13.3. The highest BCUT2D eigenvalue weighted by atomic mass is 79.9. The van der Waals surface area contributed by atoms with Crippen molar-refractivity contribution in [1.29, 1.82) is 0 Å². The second kappa shape index (κ2) is 5.03. The van der Waals surface area contributed by atoms with E-state index in [-0.39, 0.29) is 5.69 Å². The quantitative estimate of drug-likeness (QED) is 0.898. The van der Waals surface area contributed by atoms with Crippen LogP contribution in [0.1, 0.15) is 15.4 Å². The van der Waals surface area contributed by atoms with E-state index >= 15 is 0 Å². The number of aryl methyl sites for hydroxylation is 1. The van der Waals surface area contributed by atoms with Crippen LogP contribution in [-0.2, 0) is 0 Å². The maximum Gasteiger partial charge on any atom is 0.355 e. The molecule has 0 spiro atoms. The van der Waals surface area contributed by atoms with E-state index in [1.54, 1.807) is 19.1 Å². The summed E-state index contributed by atoms with van der Waals surface area (Å²) in [6.07, 6.45) is 0. The minimum absolute atomic E-state index is 0.0140. The van der Waals surface area contributed by atoms with Gasteiger partial charge in [-0.1, -0.05) is 0 Å². The van der Waals surface area contributed by atoms with Gasteiger partial charge in [-0.3, -0.25) is 0 Å². The Bertz CT molecular complexity index is 615. The summed E-state index contributed by atoms with van der Waals surface area (Å²) in [6, 6.07) is 4.54. The molecule has 7 heteroatoms. The highest BCUT2D eigenvalue weighted by Crippen LogP contribution is 2.27. The molecule has 94 valence electrons. The molecule has 4 nitrogen and oxygen atoms in total. The number of benzene rings is 1. The third-order valence-electron chi connectivity index (χ3n) is 2.17. The first-order valence-electron chi connectivity index (χ1n) is 4.90. The van der Waals surface area contributed by atoms with Gasteiger partial charge in [0.2, 0.25) is 0 Å². The molecule has 0 bridgehead atoms. The molecule has 0 aliphatic heterocycles. The van der Waals surface area contributed by atoms with Crippen LogP contribution in [0.5, 0.6) is 0 Å². The van der Waals surface area contributed by atoms with Crippen LogP contribution in [0.15, 0.2) is 22.7 Å². The molecule has 2 rings (SSSR count). The number of rotatable bonds is 3. The zero-order valence-corrected chi connectivity index (χ0v) is 11.6. The van der Waals surface area contributed by atoms with Crippen LogP contribution in [0.25, 0.3) is 0 Å². The van der Waals surface area contributed by atoms with Crippen LogP contribution in [0.3, 0.4) is 0 Å². The molecule has 0 amide bonds. The maximum atomic E-state index is 13.3. The van der Waals surface area contributed by atoms with E-state index in [0.717, 1.165) is 0 Å². The monoisotopic (exact) mass is 330 g/mol. The average molecular weight is 331 g/mol. The Balaban J connectivity index is 2.26. The lowest BCUT2D eigenvalue weighted by molar-refractivity contribution is 0.0690. The molecule has 0 fully saturated rings. The molecule has 0 aliphatic rings. The van der Waals surface area contributed by atoms with Gasteiger partial charge < -0.3 is 10.4 Å². The van der Waals surface area contributed by atoms with Gasteiger partial charge >= 0.3 is 5.97 Å². The molecule has 2 N–H and O–H groups in total. The van der Waals surface area contributed by atoms with Crippen LogP contribution < -0.4 is 5.32 Å². The number of nitrogens with one attached hydrogen (secondary N) is 1. The molecule has 2 aromatic rings. The van der Waals surface area contributed by atoms with E-state index < -0.39 is 11.8 Å². The van der Waals surface area contributed by atoms with E-state index in [1.807, 2.05) is 0 Å². The van der Waals surface area contributed by atoms with Gasteiger partial charge in [-0.05, 0) is 41.1 Å². The zero-order chi connectivity index (χ0) is 13.3. The number of hydrogen-bond donors (Lipinski definition) is 2. The summed E-state index contributed by atoms with van der Waals surface area (Å²) >= 11 is 4.27. The Kier molecular flexibility index (Phi) is 3.63. The van der Waals surface area contributed by atoms with E-state index in [0.29, 0.717) is 20.2 Å².